The van der Waals surface area contributed by atoms with Crippen LogP contribution in [0.1, 0.15) is 11.6 Å². The molecule has 0 spiro atoms. The summed E-state index contributed by atoms with van der Waals surface area (Å²) in [4.78, 5) is 23.8. The van der Waals surface area contributed by atoms with Gasteiger partial charge in [0.15, 0.2) is 6.04 Å². The van der Waals surface area contributed by atoms with E-state index in [-0.39, 0.29) is 18.2 Å². The monoisotopic (exact) mass is 236 g/mol. The van der Waals surface area contributed by atoms with Crippen LogP contribution in [0.3, 0.4) is 0 Å². The Morgan fingerprint density at radius 2 is 2.00 bits per heavy atom. The Hall–Kier alpha value is -2.08. The number of phenolic OH excluding ortho intramolecular Hbond substituents is 1. The molecular weight excluding hydrogens is 224 g/mol. The minimum atomic E-state index is -1.11. The van der Waals surface area contributed by atoms with Gasteiger partial charge >= 0.3 is 5.97 Å². The summed E-state index contributed by atoms with van der Waals surface area (Å²) in [5.74, 6) is -1.44. The van der Waals surface area contributed by atoms with E-state index in [0.717, 1.165) is 0 Å². The number of nitrogens with zero attached hydrogens (tertiary/aromatic N) is 1. The first-order chi connectivity index (χ1) is 8.00. The van der Waals surface area contributed by atoms with Crippen molar-refractivity contribution in [3.8, 4) is 5.75 Å². The van der Waals surface area contributed by atoms with E-state index in [9.17, 15) is 9.59 Å². The molecule has 4 N–H and O–H groups in total. The van der Waals surface area contributed by atoms with Crippen LogP contribution in [0.5, 0.6) is 5.75 Å². The first-order valence-corrected chi connectivity index (χ1v) is 5.08. The van der Waals surface area contributed by atoms with Crippen LogP contribution in [0.15, 0.2) is 24.3 Å². The normalized spacial score (nSPS) is 20.9. The van der Waals surface area contributed by atoms with Crippen LogP contribution in [0.4, 0.5) is 0 Å². The number of carbonyl (C=O) groups excluding carboxylic acids is 1. The summed E-state index contributed by atoms with van der Waals surface area (Å²) < 4.78 is 0. The maximum absolute atomic E-state index is 11.4. The van der Waals surface area contributed by atoms with Crippen LogP contribution in [-0.4, -0.2) is 39.6 Å². The van der Waals surface area contributed by atoms with Crippen LogP contribution in [0.25, 0.3) is 0 Å². The molecule has 0 saturated carbocycles. The number of benzene rings is 1. The Bertz CT molecular complexity index is 457. The summed E-state index contributed by atoms with van der Waals surface area (Å²) in [5, 5.41) is 18.3. The standard InChI is InChI=1S/C11H12N2O4/c12-8-5-13(10(8)15)9(11(16)17)6-1-3-7(14)4-2-6/h1-4,8-9,14H,5,12H2,(H,16,17)/t8-,9-/m0/s1. The number of hydrogen-bond donors (Lipinski definition) is 3. The third-order valence-electron chi connectivity index (χ3n) is 2.75. The van der Waals surface area contributed by atoms with Crippen LogP contribution >= 0.6 is 0 Å². The van der Waals surface area contributed by atoms with Gasteiger partial charge in [0.2, 0.25) is 5.91 Å². The average Bonchev–Trinajstić information content (AvgIpc) is 2.30. The number of β-lactam (4-membered cyclic amide) rings is 1. The average molecular weight is 236 g/mol. The van der Waals surface area contributed by atoms with Gasteiger partial charge in [0.1, 0.15) is 11.8 Å². The van der Waals surface area contributed by atoms with Gasteiger partial charge in [-0.2, -0.15) is 0 Å². The molecule has 1 aromatic rings. The number of hydrogen-bond acceptors (Lipinski definition) is 4. The van der Waals surface area contributed by atoms with E-state index in [1.165, 1.54) is 29.2 Å². The predicted octanol–water partition coefficient (Wildman–Crippen LogP) is -0.313. The maximum atomic E-state index is 11.4. The van der Waals surface area contributed by atoms with Crippen molar-refractivity contribution in [2.45, 2.75) is 12.1 Å². The summed E-state index contributed by atoms with van der Waals surface area (Å²) in [5.41, 5.74) is 5.87. The van der Waals surface area contributed by atoms with Gasteiger partial charge in [0.05, 0.1) is 0 Å². The van der Waals surface area contributed by atoms with Crippen LogP contribution in [0, 0.1) is 0 Å². The fourth-order valence-corrected chi connectivity index (χ4v) is 1.83. The molecule has 6 heteroatoms. The highest BCUT2D eigenvalue weighted by Crippen LogP contribution is 2.27. The van der Waals surface area contributed by atoms with Crippen molar-refractivity contribution < 1.29 is 19.8 Å². The number of aromatic hydroxyl groups is 1. The van der Waals surface area contributed by atoms with Crippen molar-refractivity contribution in [3.05, 3.63) is 29.8 Å². The van der Waals surface area contributed by atoms with Crippen molar-refractivity contribution >= 4 is 11.9 Å². The molecule has 1 amide bonds. The van der Waals surface area contributed by atoms with Gasteiger partial charge in [0.25, 0.3) is 0 Å². The molecular formula is C11H12N2O4. The predicted molar refractivity (Wildman–Crippen MR) is 58.2 cm³/mol. The molecule has 0 radical (unpaired) electrons. The number of carboxylic acids is 1. The van der Waals surface area contributed by atoms with Crippen molar-refractivity contribution in [1.82, 2.24) is 4.90 Å². The van der Waals surface area contributed by atoms with Crippen molar-refractivity contribution in [3.63, 3.8) is 0 Å². The number of carboxylic acid groups (broad SMARTS) is 1. The molecule has 1 aromatic carbocycles. The largest absolute Gasteiger partial charge is 0.508 e. The van der Waals surface area contributed by atoms with E-state index >= 15 is 0 Å². The Morgan fingerprint density at radius 1 is 1.41 bits per heavy atom. The number of likely N-dealkylation sites (tertiary alicyclic amines) is 1. The second-order valence-corrected chi connectivity index (χ2v) is 3.93. The smallest absolute Gasteiger partial charge is 0.331 e. The third kappa shape index (κ3) is 1.94. The molecule has 6 nitrogen and oxygen atoms in total. The Kier molecular flexibility index (Phi) is 2.72. The van der Waals surface area contributed by atoms with Gasteiger partial charge in [-0.15, -0.1) is 0 Å². The summed E-state index contributed by atoms with van der Waals surface area (Å²) in [7, 11) is 0. The highest BCUT2D eigenvalue weighted by Gasteiger charge is 2.42. The molecule has 0 aliphatic carbocycles. The Labute approximate surface area is 97.3 Å². The first kappa shape index (κ1) is 11.4. The molecule has 1 fully saturated rings. The lowest BCUT2D eigenvalue weighted by atomic mass is 9.99. The number of rotatable bonds is 3. The van der Waals surface area contributed by atoms with Crippen LogP contribution < -0.4 is 5.73 Å². The third-order valence-corrected chi connectivity index (χ3v) is 2.75. The van der Waals surface area contributed by atoms with Gasteiger partial charge in [-0.05, 0) is 17.7 Å². The zero-order valence-corrected chi connectivity index (χ0v) is 8.91. The molecule has 1 aliphatic heterocycles. The van der Waals surface area contributed by atoms with Crippen LogP contribution in [0.2, 0.25) is 0 Å². The highest BCUT2D eigenvalue weighted by molar-refractivity contribution is 5.92. The van der Waals surface area contributed by atoms with Gasteiger partial charge in [-0.3, -0.25) is 4.79 Å². The second-order valence-electron chi connectivity index (χ2n) is 3.93. The van der Waals surface area contributed by atoms with E-state index in [1.807, 2.05) is 0 Å². The SMILES string of the molecule is N[C@H]1CN([C@H](C(=O)O)c2ccc(O)cc2)C1=O. The molecule has 17 heavy (non-hydrogen) atoms. The fraction of sp³-hybridized carbons (Fsp3) is 0.273. The maximum Gasteiger partial charge on any atom is 0.331 e. The summed E-state index contributed by atoms with van der Waals surface area (Å²) >= 11 is 0. The molecule has 0 unspecified atom stereocenters. The van der Waals surface area contributed by atoms with Crippen molar-refractivity contribution in [2.75, 3.05) is 6.54 Å². The van der Waals surface area contributed by atoms with Gasteiger partial charge in [-0.1, -0.05) is 12.1 Å². The van der Waals surface area contributed by atoms with Gasteiger partial charge < -0.3 is 20.8 Å². The second kappa shape index (κ2) is 4.06. The molecule has 90 valence electrons. The lowest BCUT2D eigenvalue weighted by Gasteiger charge is -2.40. The molecule has 1 heterocycles. The molecule has 1 saturated heterocycles. The van der Waals surface area contributed by atoms with E-state index in [1.54, 1.807) is 0 Å². The fourth-order valence-electron chi connectivity index (χ4n) is 1.83. The number of amides is 1. The summed E-state index contributed by atoms with van der Waals surface area (Å²) in [6.07, 6.45) is 0. The minimum absolute atomic E-state index is 0.0459. The molecule has 1 aliphatic rings. The molecule has 0 aromatic heterocycles. The molecule has 2 atom stereocenters. The Morgan fingerprint density at radius 3 is 2.41 bits per heavy atom. The first-order valence-electron chi connectivity index (χ1n) is 5.08. The van der Waals surface area contributed by atoms with E-state index in [2.05, 4.69) is 0 Å². The van der Waals surface area contributed by atoms with E-state index in [4.69, 9.17) is 15.9 Å². The van der Waals surface area contributed by atoms with Gasteiger partial charge in [-0.25, -0.2) is 4.79 Å². The summed E-state index contributed by atoms with van der Waals surface area (Å²) in [6, 6.07) is 4.08. The lowest BCUT2D eigenvalue weighted by molar-refractivity contribution is -0.158. The van der Waals surface area contributed by atoms with Crippen molar-refractivity contribution in [2.24, 2.45) is 5.73 Å². The molecule has 0 bridgehead atoms. The highest BCUT2D eigenvalue weighted by atomic mass is 16.4. The Balaban J connectivity index is 2.27. The topological polar surface area (TPSA) is 104 Å². The lowest BCUT2D eigenvalue weighted by Crippen LogP contribution is -2.62. The minimum Gasteiger partial charge on any atom is -0.508 e. The van der Waals surface area contributed by atoms with Crippen molar-refractivity contribution in [1.29, 1.82) is 0 Å². The number of aliphatic carboxylic acids is 1. The van der Waals surface area contributed by atoms with Gasteiger partial charge in [0, 0.05) is 6.54 Å². The number of carbonyl (C=O) groups is 2. The summed E-state index contributed by atoms with van der Waals surface area (Å²) in [6.45, 7) is 0.233. The number of phenols is 1. The molecule has 2 rings (SSSR count). The zero-order chi connectivity index (χ0) is 12.6. The quantitative estimate of drug-likeness (QED) is 0.624. The zero-order valence-electron chi connectivity index (χ0n) is 8.91. The van der Waals surface area contributed by atoms with Crippen LogP contribution in [-0.2, 0) is 9.59 Å². The van der Waals surface area contributed by atoms with E-state index in [0.29, 0.717) is 5.56 Å². The number of nitrogens with two attached hydrogens (primary N) is 1. The van der Waals surface area contributed by atoms with E-state index < -0.39 is 18.1 Å².